The first-order valence-electron chi connectivity index (χ1n) is 2.16. The molecule has 0 aromatic carbocycles. The first kappa shape index (κ1) is 6.13. The van der Waals surface area contributed by atoms with Gasteiger partial charge in [-0.15, -0.1) is 0 Å². The zero-order chi connectivity index (χ0) is 5.44. The number of halogens is 1. The van der Waals surface area contributed by atoms with E-state index in [2.05, 4.69) is 20.3 Å². The fraction of sp³-hybridized carbons (Fsp3) is 1.00. The minimum atomic E-state index is -1.50. The first-order valence-corrected chi connectivity index (χ1v) is 8.33. The fourth-order valence-electron chi connectivity index (χ4n) is 0.648. The maximum atomic E-state index is 5.90. The second-order valence-corrected chi connectivity index (χ2v) is 9.97. The van der Waals surface area contributed by atoms with Crippen molar-refractivity contribution in [2.45, 2.75) is 0 Å². The zero-order valence-corrected chi connectivity index (χ0v) is 8.09. The molecule has 1 heterocycles. The van der Waals surface area contributed by atoms with Crippen molar-refractivity contribution in [3.05, 3.63) is 0 Å². The molecule has 0 atom stereocenters. The molecule has 4 heteroatoms. The van der Waals surface area contributed by atoms with Gasteiger partial charge in [0.15, 0.2) is 0 Å². The summed E-state index contributed by atoms with van der Waals surface area (Å²) in [4.78, 5) is 0. The molecule has 1 aliphatic heterocycles. The van der Waals surface area contributed by atoms with Crippen molar-refractivity contribution in [1.82, 2.24) is 6.24 Å². The van der Waals surface area contributed by atoms with Crippen LogP contribution >= 0.6 is 8.92 Å². The quantitative estimate of drug-likeness (QED) is 0.538. The summed E-state index contributed by atoms with van der Waals surface area (Å²) >= 11 is -1.50. The molecule has 41 valence electrons. The fourth-order valence-corrected chi connectivity index (χ4v) is 4.26. The summed E-state index contributed by atoms with van der Waals surface area (Å²) in [5, 5.41) is 0. The Balaban J connectivity index is 2.29. The van der Waals surface area contributed by atoms with Crippen LogP contribution < -0.4 is 0 Å². The average Bonchev–Trinajstić information content (AvgIpc) is 1.68. The molecule has 0 aromatic heterocycles. The van der Waals surface area contributed by atoms with Gasteiger partial charge in [-0.1, -0.05) is 0 Å². The summed E-state index contributed by atoms with van der Waals surface area (Å²) in [7, 11) is 10.1. The number of hydrogen-bond donors (Lipinski definition) is 0. The molecule has 0 spiro atoms. The molecule has 0 aliphatic carbocycles. The molecule has 0 unspecified atom stereocenters. The predicted molar refractivity (Wildman–Crippen MR) is 32.0 cm³/mol. The summed E-state index contributed by atoms with van der Waals surface area (Å²) < 4.78 is 4.51. The van der Waals surface area contributed by atoms with Gasteiger partial charge in [0.2, 0.25) is 0 Å². The van der Waals surface area contributed by atoms with Crippen LogP contribution in [0.5, 0.6) is 0 Å². The van der Waals surface area contributed by atoms with E-state index < -0.39 is 19.2 Å². The average molecular weight is 226 g/mol. The maximum absolute atomic E-state index is 5.90. The van der Waals surface area contributed by atoms with Gasteiger partial charge in [-0.2, -0.15) is 0 Å². The van der Waals surface area contributed by atoms with E-state index in [0.29, 0.717) is 0 Å². The second-order valence-electron chi connectivity index (χ2n) is 1.81. The van der Waals surface area contributed by atoms with Crippen LogP contribution in [0.4, 0.5) is 0 Å². The van der Waals surface area contributed by atoms with Gasteiger partial charge in [0.05, 0.1) is 0 Å². The number of hydrogen-bond acceptors (Lipinski definition) is 2. The second kappa shape index (κ2) is 2.09. The minimum absolute atomic E-state index is 1.08. The van der Waals surface area contributed by atoms with Crippen LogP contribution in [0, 0.1) is 0 Å². The predicted octanol–water partition coefficient (Wildman–Crippen LogP) is 0.0448. The molecule has 7 heavy (non-hydrogen) atoms. The summed E-state index contributed by atoms with van der Waals surface area (Å²) in [5.74, 6) is 0. The molecule has 1 aliphatic rings. The summed E-state index contributed by atoms with van der Waals surface area (Å²) in [6, 6.07) is 0. The van der Waals surface area contributed by atoms with E-state index in [1.807, 2.05) is 0 Å². The molecule has 1 radical (unpaired) electrons. The molecule has 0 bridgehead atoms. The Hall–Kier alpha value is 1.01. The SMILES string of the molecule is C[N]1C[N](C)[Sn]1[Cl]. The topological polar surface area (TPSA) is 6.48 Å². The Morgan fingerprint density at radius 2 is 1.86 bits per heavy atom. The summed E-state index contributed by atoms with van der Waals surface area (Å²) in [6.07, 6.45) is 0. The van der Waals surface area contributed by atoms with E-state index in [9.17, 15) is 0 Å². The van der Waals surface area contributed by atoms with Gasteiger partial charge in [-0.25, -0.2) is 0 Å². The molecule has 1 rings (SSSR count). The Bertz CT molecular complexity index is 71.3. The molecule has 1 fully saturated rings. The van der Waals surface area contributed by atoms with Crippen LogP contribution in [0.15, 0.2) is 0 Å². The van der Waals surface area contributed by atoms with Gasteiger partial charge in [-0.3, -0.25) is 0 Å². The van der Waals surface area contributed by atoms with E-state index in [0.717, 1.165) is 6.67 Å². The van der Waals surface area contributed by atoms with E-state index in [4.69, 9.17) is 8.92 Å². The van der Waals surface area contributed by atoms with Crippen LogP contribution in [-0.2, 0) is 0 Å². The third-order valence-electron chi connectivity index (χ3n) is 1.05. The van der Waals surface area contributed by atoms with Crippen molar-refractivity contribution in [3.8, 4) is 0 Å². The molecule has 2 nitrogen and oxygen atoms in total. The van der Waals surface area contributed by atoms with Crippen molar-refractivity contribution >= 4 is 28.1 Å². The number of rotatable bonds is 0. The molecule has 0 aromatic rings. The van der Waals surface area contributed by atoms with Crippen molar-refractivity contribution in [1.29, 1.82) is 0 Å². The van der Waals surface area contributed by atoms with Crippen molar-refractivity contribution in [3.63, 3.8) is 0 Å². The van der Waals surface area contributed by atoms with Crippen LogP contribution in [-0.4, -0.2) is 46.2 Å². The van der Waals surface area contributed by atoms with E-state index >= 15 is 0 Å². The van der Waals surface area contributed by atoms with Gasteiger partial charge in [0, 0.05) is 0 Å². The Morgan fingerprint density at radius 3 is 1.86 bits per heavy atom. The summed E-state index contributed by atoms with van der Waals surface area (Å²) in [5.41, 5.74) is 0. The first-order chi connectivity index (χ1) is 3.22. The molecule has 0 saturated carbocycles. The molecule has 0 amide bonds. The zero-order valence-electron chi connectivity index (χ0n) is 4.48. The normalized spacial score (nSPS) is 27.9. The van der Waals surface area contributed by atoms with Crippen molar-refractivity contribution in [2.24, 2.45) is 0 Å². The van der Waals surface area contributed by atoms with Gasteiger partial charge in [0.25, 0.3) is 0 Å². The standard InChI is InChI=1S/C3H8N2.ClH.Sn/c1-4-3-5-2;;/h3H2,1-2H3;1H;/q-2;;+3/p-1. The Labute approximate surface area is 55.2 Å². The van der Waals surface area contributed by atoms with Crippen molar-refractivity contribution in [2.75, 3.05) is 20.8 Å². The van der Waals surface area contributed by atoms with Crippen LogP contribution in [0.2, 0.25) is 0 Å². The monoisotopic (exact) mass is 227 g/mol. The van der Waals surface area contributed by atoms with Gasteiger partial charge >= 0.3 is 55.1 Å². The van der Waals surface area contributed by atoms with Gasteiger partial charge in [-0.05, 0) is 0 Å². The van der Waals surface area contributed by atoms with Gasteiger partial charge < -0.3 is 0 Å². The third-order valence-corrected chi connectivity index (χ3v) is 9.33. The van der Waals surface area contributed by atoms with Gasteiger partial charge in [0.1, 0.15) is 0 Å². The van der Waals surface area contributed by atoms with Crippen LogP contribution in [0.1, 0.15) is 0 Å². The molecule has 0 N–H and O–H groups in total. The summed E-state index contributed by atoms with van der Waals surface area (Å²) in [6.45, 7) is 1.08. The molecular weight excluding hydrogens is 218 g/mol. The van der Waals surface area contributed by atoms with E-state index in [1.54, 1.807) is 0 Å². The van der Waals surface area contributed by atoms with E-state index in [1.165, 1.54) is 0 Å². The van der Waals surface area contributed by atoms with Crippen LogP contribution in [0.3, 0.4) is 0 Å². The molecular formula is C3H8ClN2Sn. The third kappa shape index (κ3) is 1.04. The Kier molecular flexibility index (Phi) is 1.83. The molecule has 1 saturated heterocycles. The van der Waals surface area contributed by atoms with Crippen LogP contribution in [0.25, 0.3) is 0 Å². The Morgan fingerprint density at radius 1 is 1.43 bits per heavy atom. The number of nitrogens with zero attached hydrogens (tertiary/aromatic N) is 2. The van der Waals surface area contributed by atoms with Crippen molar-refractivity contribution < 1.29 is 0 Å². The van der Waals surface area contributed by atoms with E-state index in [-0.39, 0.29) is 0 Å².